The van der Waals surface area contributed by atoms with Gasteiger partial charge < -0.3 is 4.84 Å². The molecule has 0 aromatic heterocycles. The summed E-state index contributed by atoms with van der Waals surface area (Å²) in [7, 11) is 1.55. The van der Waals surface area contributed by atoms with Crippen molar-refractivity contribution in [3.05, 3.63) is 35.4 Å². The maximum atomic E-state index is 4.57. The van der Waals surface area contributed by atoms with Crippen molar-refractivity contribution in [3.8, 4) is 0 Å². The second kappa shape index (κ2) is 4.54. The first-order chi connectivity index (χ1) is 5.84. The Balaban J connectivity index is 2.63. The van der Waals surface area contributed by atoms with Gasteiger partial charge in [0.25, 0.3) is 0 Å². The average molecular weight is 163 g/mol. The van der Waals surface area contributed by atoms with Gasteiger partial charge in [-0.25, -0.2) is 0 Å². The van der Waals surface area contributed by atoms with Crippen LogP contribution in [0, 0.1) is 6.92 Å². The molecule has 0 aliphatic rings. The predicted molar refractivity (Wildman–Crippen MR) is 50.4 cm³/mol. The highest BCUT2D eigenvalue weighted by molar-refractivity contribution is 5.61. The quantitative estimate of drug-likeness (QED) is 0.494. The van der Waals surface area contributed by atoms with E-state index in [1.165, 1.54) is 11.1 Å². The van der Waals surface area contributed by atoms with Crippen molar-refractivity contribution in [1.29, 1.82) is 0 Å². The molecule has 0 saturated carbocycles. The Bertz CT molecular complexity index is 268. The molecule has 2 nitrogen and oxygen atoms in total. The molecule has 64 valence electrons. The van der Waals surface area contributed by atoms with Crippen LogP contribution in [-0.2, 0) is 11.3 Å². The normalized spacial score (nSPS) is 10.5. The number of hydrogen-bond donors (Lipinski definition) is 0. The fraction of sp³-hybridized carbons (Fsp3) is 0.300. The summed E-state index contributed by atoms with van der Waals surface area (Å²) >= 11 is 0. The smallest absolute Gasteiger partial charge is 0.106 e. The zero-order valence-electron chi connectivity index (χ0n) is 7.45. The molecular formula is C10H13NO. The van der Waals surface area contributed by atoms with Crippen LogP contribution < -0.4 is 0 Å². The van der Waals surface area contributed by atoms with Gasteiger partial charge in [0.15, 0.2) is 0 Å². The molecule has 12 heavy (non-hydrogen) atoms. The fourth-order valence-corrected chi connectivity index (χ4v) is 1.05. The van der Waals surface area contributed by atoms with Gasteiger partial charge in [-0.2, -0.15) is 0 Å². The van der Waals surface area contributed by atoms with Gasteiger partial charge in [0, 0.05) is 12.6 Å². The van der Waals surface area contributed by atoms with Gasteiger partial charge in [0.05, 0.1) is 0 Å². The summed E-state index contributed by atoms with van der Waals surface area (Å²) < 4.78 is 0. The van der Waals surface area contributed by atoms with E-state index >= 15 is 0 Å². The van der Waals surface area contributed by atoms with Crippen LogP contribution in [0.1, 0.15) is 11.1 Å². The molecule has 0 aliphatic heterocycles. The predicted octanol–water partition coefficient (Wildman–Crippen LogP) is 2.17. The average Bonchev–Trinajstić information content (AvgIpc) is 2.09. The van der Waals surface area contributed by atoms with Crippen molar-refractivity contribution in [2.45, 2.75) is 13.3 Å². The van der Waals surface area contributed by atoms with Crippen LogP contribution in [0.2, 0.25) is 0 Å². The number of hydrogen-bond acceptors (Lipinski definition) is 2. The highest BCUT2D eigenvalue weighted by atomic mass is 16.6. The van der Waals surface area contributed by atoms with Gasteiger partial charge >= 0.3 is 0 Å². The van der Waals surface area contributed by atoms with E-state index in [0.717, 1.165) is 6.42 Å². The van der Waals surface area contributed by atoms with E-state index in [4.69, 9.17) is 0 Å². The van der Waals surface area contributed by atoms with Gasteiger partial charge in [-0.3, -0.25) is 0 Å². The van der Waals surface area contributed by atoms with Gasteiger partial charge in [-0.05, 0) is 18.1 Å². The van der Waals surface area contributed by atoms with E-state index in [2.05, 4.69) is 29.0 Å². The van der Waals surface area contributed by atoms with E-state index in [9.17, 15) is 0 Å². The third-order valence-corrected chi connectivity index (χ3v) is 1.75. The van der Waals surface area contributed by atoms with E-state index in [1.807, 2.05) is 12.1 Å². The summed E-state index contributed by atoms with van der Waals surface area (Å²) in [4.78, 5) is 4.57. The summed E-state index contributed by atoms with van der Waals surface area (Å²) in [6, 6.07) is 8.25. The molecule has 1 aromatic carbocycles. The van der Waals surface area contributed by atoms with Crippen molar-refractivity contribution >= 4 is 6.21 Å². The lowest BCUT2D eigenvalue weighted by molar-refractivity contribution is 0.215. The molecule has 0 saturated heterocycles. The van der Waals surface area contributed by atoms with Crippen LogP contribution in [-0.4, -0.2) is 13.3 Å². The Morgan fingerprint density at radius 1 is 1.42 bits per heavy atom. The number of benzene rings is 1. The highest BCUT2D eigenvalue weighted by Crippen LogP contribution is 2.06. The third kappa shape index (κ3) is 2.38. The molecule has 0 spiro atoms. The number of oxime groups is 1. The van der Waals surface area contributed by atoms with E-state index < -0.39 is 0 Å². The fourth-order valence-electron chi connectivity index (χ4n) is 1.05. The lowest BCUT2D eigenvalue weighted by Gasteiger charge is -1.99. The Hall–Kier alpha value is -1.31. The molecule has 0 N–H and O–H groups in total. The molecule has 0 atom stereocenters. The molecule has 1 aromatic rings. The van der Waals surface area contributed by atoms with Crippen molar-refractivity contribution in [2.75, 3.05) is 7.11 Å². The zero-order chi connectivity index (χ0) is 8.81. The molecular weight excluding hydrogens is 150 g/mol. The van der Waals surface area contributed by atoms with Crippen LogP contribution in [0.4, 0.5) is 0 Å². The molecule has 0 heterocycles. The van der Waals surface area contributed by atoms with Crippen LogP contribution >= 0.6 is 0 Å². The Morgan fingerprint density at radius 3 is 2.83 bits per heavy atom. The summed E-state index contributed by atoms with van der Waals surface area (Å²) in [5, 5.41) is 3.68. The Kier molecular flexibility index (Phi) is 3.33. The minimum atomic E-state index is 0.834. The van der Waals surface area contributed by atoms with Crippen LogP contribution in [0.25, 0.3) is 0 Å². The summed E-state index contributed by atoms with van der Waals surface area (Å²) in [6.45, 7) is 2.09. The highest BCUT2D eigenvalue weighted by Gasteiger charge is 1.92. The molecule has 0 amide bonds. The minimum absolute atomic E-state index is 0.834. The van der Waals surface area contributed by atoms with Crippen LogP contribution in [0.5, 0.6) is 0 Å². The maximum absolute atomic E-state index is 4.57. The second-order valence-corrected chi connectivity index (χ2v) is 2.60. The SMILES string of the molecule is CO/N=C/Cc1ccccc1C. The van der Waals surface area contributed by atoms with Gasteiger partial charge in [-0.15, -0.1) is 0 Å². The first-order valence-corrected chi connectivity index (χ1v) is 3.94. The molecule has 1 rings (SSSR count). The number of rotatable bonds is 3. The minimum Gasteiger partial charge on any atom is -0.399 e. The largest absolute Gasteiger partial charge is 0.399 e. The van der Waals surface area contributed by atoms with E-state index in [0.29, 0.717) is 0 Å². The number of nitrogens with zero attached hydrogens (tertiary/aromatic N) is 1. The first kappa shape index (κ1) is 8.78. The lowest BCUT2D eigenvalue weighted by atomic mass is 10.1. The van der Waals surface area contributed by atoms with E-state index in [1.54, 1.807) is 13.3 Å². The topological polar surface area (TPSA) is 21.6 Å². The summed E-state index contributed by atoms with van der Waals surface area (Å²) in [6.07, 6.45) is 2.60. The van der Waals surface area contributed by atoms with Gasteiger partial charge in [0.1, 0.15) is 7.11 Å². The van der Waals surface area contributed by atoms with Gasteiger partial charge in [-0.1, -0.05) is 29.4 Å². The molecule has 2 heteroatoms. The van der Waals surface area contributed by atoms with Crippen molar-refractivity contribution < 1.29 is 4.84 Å². The summed E-state index contributed by atoms with van der Waals surface area (Å²) in [5.41, 5.74) is 2.58. The molecule has 0 bridgehead atoms. The van der Waals surface area contributed by atoms with Gasteiger partial charge in [0.2, 0.25) is 0 Å². The van der Waals surface area contributed by atoms with Crippen molar-refractivity contribution in [1.82, 2.24) is 0 Å². The second-order valence-electron chi connectivity index (χ2n) is 2.60. The van der Waals surface area contributed by atoms with Crippen molar-refractivity contribution in [2.24, 2.45) is 5.16 Å². The maximum Gasteiger partial charge on any atom is 0.106 e. The molecule has 0 fully saturated rings. The Labute approximate surface area is 72.9 Å². The first-order valence-electron chi connectivity index (χ1n) is 3.94. The molecule has 0 unspecified atom stereocenters. The summed E-state index contributed by atoms with van der Waals surface area (Å²) in [5.74, 6) is 0. The van der Waals surface area contributed by atoms with Crippen LogP contribution in [0.15, 0.2) is 29.4 Å². The standard InChI is InChI=1S/C10H13NO/c1-9-5-3-4-6-10(9)7-8-11-12-2/h3-6,8H,7H2,1-2H3/b11-8+. The monoisotopic (exact) mass is 163 g/mol. The Morgan fingerprint density at radius 2 is 2.17 bits per heavy atom. The molecule has 0 aliphatic carbocycles. The zero-order valence-corrected chi connectivity index (χ0v) is 7.45. The number of aryl methyl sites for hydroxylation is 1. The lowest BCUT2D eigenvalue weighted by Crippen LogP contribution is -1.89. The van der Waals surface area contributed by atoms with Crippen molar-refractivity contribution in [3.63, 3.8) is 0 Å². The van der Waals surface area contributed by atoms with Crippen LogP contribution in [0.3, 0.4) is 0 Å². The third-order valence-electron chi connectivity index (χ3n) is 1.75. The van der Waals surface area contributed by atoms with E-state index in [-0.39, 0.29) is 0 Å². The molecule has 0 radical (unpaired) electrons.